The Morgan fingerprint density at radius 2 is 2.21 bits per heavy atom. The third kappa shape index (κ3) is 1.27. The number of hydrogen-bond donors (Lipinski definition) is 1. The van der Waals surface area contributed by atoms with E-state index in [9.17, 15) is 4.79 Å². The first-order valence-corrected chi connectivity index (χ1v) is 4.77. The molecule has 0 atom stereocenters. The number of fused-ring (bicyclic) bond motifs is 1. The van der Waals surface area contributed by atoms with Crippen molar-refractivity contribution in [1.82, 2.24) is 9.55 Å². The van der Waals surface area contributed by atoms with Crippen LogP contribution in [0.2, 0.25) is 5.02 Å². The molecule has 0 saturated heterocycles. The topological polar surface area (TPSA) is 37.8 Å². The lowest BCUT2D eigenvalue weighted by Crippen LogP contribution is -2.18. The molecule has 72 valence electrons. The monoisotopic (exact) mass is 226 g/mol. The summed E-state index contributed by atoms with van der Waals surface area (Å²) in [6.45, 7) is 0. The summed E-state index contributed by atoms with van der Waals surface area (Å²) in [6, 6.07) is 5.17. The van der Waals surface area contributed by atoms with Crippen LogP contribution in [0.1, 0.15) is 0 Å². The second kappa shape index (κ2) is 3.22. The number of aromatic amines is 1. The lowest BCUT2D eigenvalue weighted by molar-refractivity contribution is 0.824. The Labute approximate surface area is 90.0 Å². The third-order valence-corrected chi connectivity index (χ3v) is 2.78. The summed E-state index contributed by atoms with van der Waals surface area (Å²) in [6.07, 6.45) is 0. The summed E-state index contributed by atoms with van der Waals surface area (Å²) >= 11 is 10.9. The summed E-state index contributed by atoms with van der Waals surface area (Å²) in [4.78, 5) is 14.6. The molecule has 0 aliphatic carbocycles. The zero-order valence-electron chi connectivity index (χ0n) is 7.37. The van der Waals surface area contributed by atoms with Crippen LogP contribution < -0.4 is 5.56 Å². The minimum atomic E-state index is -0.133. The third-order valence-electron chi connectivity index (χ3n) is 2.09. The van der Waals surface area contributed by atoms with Crippen LogP contribution in [0, 0.1) is 4.77 Å². The van der Waals surface area contributed by atoms with Crippen molar-refractivity contribution >= 4 is 34.7 Å². The number of rotatable bonds is 0. The Bertz CT molecular complexity index is 614. The van der Waals surface area contributed by atoms with E-state index in [-0.39, 0.29) is 5.56 Å². The van der Waals surface area contributed by atoms with Gasteiger partial charge in [0, 0.05) is 7.05 Å². The van der Waals surface area contributed by atoms with Gasteiger partial charge in [-0.05, 0) is 24.4 Å². The summed E-state index contributed by atoms with van der Waals surface area (Å²) in [5.41, 5.74) is 0.466. The zero-order valence-corrected chi connectivity index (χ0v) is 8.95. The Morgan fingerprint density at radius 1 is 1.50 bits per heavy atom. The Balaban J connectivity index is 3.14. The van der Waals surface area contributed by atoms with Gasteiger partial charge < -0.3 is 4.98 Å². The standard InChI is InChI=1S/C9H7ClN2OS/c1-12-8(13)5-3-2-4-6(10)7(5)11-9(12)14/h2-4H,1H3,(H,11,14). The minimum Gasteiger partial charge on any atom is -0.330 e. The molecular formula is C9H7ClN2OS. The first-order chi connectivity index (χ1) is 6.61. The number of halogens is 1. The van der Waals surface area contributed by atoms with Gasteiger partial charge in [-0.3, -0.25) is 9.36 Å². The van der Waals surface area contributed by atoms with Crippen molar-refractivity contribution < 1.29 is 0 Å². The van der Waals surface area contributed by atoms with E-state index < -0.39 is 0 Å². The lowest BCUT2D eigenvalue weighted by atomic mass is 10.2. The molecule has 2 rings (SSSR count). The number of benzene rings is 1. The van der Waals surface area contributed by atoms with E-state index in [1.807, 2.05) is 0 Å². The molecule has 0 saturated carbocycles. The van der Waals surface area contributed by atoms with Gasteiger partial charge in [-0.2, -0.15) is 0 Å². The van der Waals surface area contributed by atoms with Crippen LogP contribution in [-0.4, -0.2) is 9.55 Å². The van der Waals surface area contributed by atoms with Crippen molar-refractivity contribution in [2.24, 2.45) is 7.05 Å². The molecule has 1 heterocycles. The number of hydrogen-bond acceptors (Lipinski definition) is 2. The van der Waals surface area contributed by atoms with E-state index >= 15 is 0 Å². The SMILES string of the molecule is Cn1c(=S)[nH]c2c(Cl)cccc2c1=O. The smallest absolute Gasteiger partial charge is 0.261 e. The second-order valence-electron chi connectivity index (χ2n) is 2.96. The molecule has 0 amide bonds. The molecule has 1 aromatic carbocycles. The normalized spacial score (nSPS) is 10.7. The first kappa shape index (κ1) is 9.43. The molecule has 0 aliphatic heterocycles. The summed E-state index contributed by atoms with van der Waals surface area (Å²) in [7, 11) is 1.63. The van der Waals surface area contributed by atoms with Gasteiger partial charge in [0.1, 0.15) is 0 Å². The highest BCUT2D eigenvalue weighted by Crippen LogP contribution is 2.17. The Kier molecular flexibility index (Phi) is 2.17. The van der Waals surface area contributed by atoms with Gasteiger partial charge in [0.2, 0.25) is 0 Å². The van der Waals surface area contributed by atoms with E-state index in [1.165, 1.54) is 4.57 Å². The molecule has 0 aliphatic rings. The Morgan fingerprint density at radius 3 is 2.93 bits per heavy atom. The molecule has 1 aromatic heterocycles. The van der Waals surface area contributed by atoms with Gasteiger partial charge >= 0.3 is 0 Å². The van der Waals surface area contributed by atoms with Crippen molar-refractivity contribution in [2.45, 2.75) is 0 Å². The van der Waals surface area contributed by atoms with Crippen LogP contribution in [-0.2, 0) is 7.05 Å². The van der Waals surface area contributed by atoms with Crippen LogP contribution >= 0.6 is 23.8 Å². The van der Waals surface area contributed by atoms with Crippen LogP contribution in [0.15, 0.2) is 23.0 Å². The minimum absolute atomic E-state index is 0.133. The zero-order chi connectivity index (χ0) is 10.3. The molecule has 5 heteroatoms. The van der Waals surface area contributed by atoms with E-state index in [2.05, 4.69) is 4.98 Å². The maximum absolute atomic E-state index is 11.7. The number of nitrogens with one attached hydrogen (secondary N) is 1. The van der Waals surface area contributed by atoms with Gasteiger partial charge in [-0.15, -0.1) is 0 Å². The van der Waals surface area contributed by atoms with Crippen LogP contribution in [0.25, 0.3) is 10.9 Å². The van der Waals surface area contributed by atoms with Crippen molar-refractivity contribution in [3.63, 3.8) is 0 Å². The van der Waals surface area contributed by atoms with Gasteiger partial charge in [-0.1, -0.05) is 17.7 Å². The number of nitrogens with zero attached hydrogens (tertiary/aromatic N) is 1. The van der Waals surface area contributed by atoms with Gasteiger partial charge in [0.05, 0.1) is 15.9 Å². The largest absolute Gasteiger partial charge is 0.330 e. The predicted octanol–water partition coefficient (Wildman–Crippen LogP) is 2.25. The molecule has 0 bridgehead atoms. The fraction of sp³-hybridized carbons (Fsp3) is 0.111. The van der Waals surface area contributed by atoms with Gasteiger partial charge in [0.25, 0.3) is 5.56 Å². The highest BCUT2D eigenvalue weighted by Gasteiger charge is 2.04. The average molecular weight is 227 g/mol. The molecule has 0 spiro atoms. The maximum atomic E-state index is 11.7. The van der Waals surface area contributed by atoms with E-state index in [0.717, 1.165) is 0 Å². The number of H-pyrrole nitrogens is 1. The van der Waals surface area contributed by atoms with Crippen LogP contribution in [0.5, 0.6) is 0 Å². The summed E-state index contributed by atoms with van der Waals surface area (Å²) in [5.74, 6) is 0. The lowest BCUT2D eigenvalue weighted by Gasteiger charge is -2.02. The first-order valence-electron chi connectivity index (χ1n) is 3.99. The summed E-state index contributed by atoms with van der Waals surface area (Å²) < 4.78 is 1.75. The fourth-order valence-electron chi connectivity index (χ4n) is 1.29. The molecule has 0 unspecified atom stereocenters. The molecule has 0 fully saturated rings. The van der Waals surface area contributed by atoms with Crippen molar-refractivity contribution in [3.8, 4) is 0 Å². The quantitative estimate of drug-likeness (QED) is 0.700. The Hall–Kier alpha value is -1.13. The highest BCUT2D eigenvalue weighted by molar-refractivity contribution is 7.71. The van der Waals surface area contributed by atoms with Crippen molar-refractivity contribution in [1.29, 1.82) is 0 Å². The molecule has 1 N–H and O–H groups in total. The van der Waals surface area contributed by atoms with Gasteiger partial charge in [-0.25, -0.2) is 0 Å². The van der Waals surface area contributed by atoms with Crippen LogP contribution in [0.3, 0.4) is 0 Å². The number of aromatic nitrogens is 2. The molecule has 2 aromatic rings. The van der Waals surface area contributed by atoms with Crippen LogP contribution in [0.4, 0.5) is 0 Å². The van der Waals surface area contributed by atoms with E-state index in [1.54, 1.807) is 25.2 Å². The van der Waals surface area contributed by atoms with E-state index in [0.29, 0.717) is 20.7 Å². The second-order valence-corrected chi connectivity index (χ2v) is 3.75. The van der Waals surface area contributed by atoms with Gasteiger partial charge in [0.15, 0.2) is 4.77 Å². The maximum Gasteiger partial charge on any atom is 0.261 e. The highest BCUT2D eigenvalue weighted by atomic mass is 35.5. The predicted molar refractivity (Wildman–Crippen MR) is 59.4 cm³/mol. The molecule has 0 radical (unpaired) electrons. The van der Waals surface area contributed by atoms with E-state index in [4.69, 9.17) is 23.8 Å². The summed E-state index contributed by atoms with van der Waals surface area (Å²) in [5, 5.41) is 1.06. The molecule has 14 heavy (non-hydrogen) atoms. The van der Waals surface area contributed by atoms with Crippen molar-refractivity contribution in [3.05, 3.63) is 38.3 Å². The number of para-hydroxylation sites is 1. The van der Waals surface area contributed by atoms with Crippen molar-refractivity contribution in [2.75, 3.05) is 0 Å². The molecule has 3 nitrogen and oxygen atoms in total. The molecular weight excluding hydrogens is 220 g/mol. The fourth-order valence-corrected chi connectivity index (χ4v) is 1.70. The average Bonchev–Trinajstić information content (AvgIpc) is 2.17.